The average Bonchev–Trinajstić information content (AvgIpc) is 2.63. The van der Waals surface area contributed by atoms with Gasteiger partial charge in [0.25, 0.3) is 0 Å². The number of nitro benzene ring substituents is 1. The second-order valence-corrected chi connectivity index (χ2v) is 5.43. The second-order valence-electron chi connectivity index (χ2n) is 5.43. The molecular formula is C18H18F3N3O4. The van der Waals surface area contributed by atoms with Crippen molar-refractivity contribution in [3.63, 3.8) is 0 Å². The second kappa shape index (κ2) is 9.07. The molecule has 0 aliphatic rings. The fraction of sp³-hybridized carbons (Fsp3) is 0.278. The Morgan fingerprint density at radius 3 is 2.25 bits per heavy atom. The van der Waals surface area contributed by atoms with Crippen molar-refractivity contribution in [2.45, 2.75) is 20.0 Å². The van der Waals surface area contributed by atoms with E-state index in [1.807, 2.05) is 0 Å². The van der Waals surface area contributed by atoms with Gasteiger partial charge in [0.15, 0.2) is 0 Å². The molecule has 2 aromatic rings. The van der Waals surface area contributed by atoms with Gasteiger partial charge < -0.3 is 9.47 Å². The molecule has 28 heavy (non-hydrogen) atoms. The third kappa shape index (κ3) is 5.35. The van der Waals surface area contributed by atoms with Crippen LogP contribution in [0.25, 0.3) is 0 Å². The third-order valence-electron chi connectivity index (χ3n) is 3.50. The van der Waals surface area contributed by atoms with E-state index in [9.17, 15) is 23.3 Å². The minimum absolute atomic E-state index is 0.0730. The van der Waals surface area contributed by atoms with Crippen LogP contribution in [0.4, 0.5) is 24.5 Å². The Balaban J connectivity index is 2.25. The van der Waals surface area contributed by atoms with Crippen molar-refractivity contribution < 1.29 is 27.6 Å². The first-order chi connectivity index (χ1) is 13.3. The molecule has 0 spiro atoms. The largest absolute Gasteiger partial charge is 0.493 e. The van der Waals surface area contributed by atoms with Crippen LogP contribution >= 0.6 is 0 Å². The highest BCUT2D eigenvalue weighted by atomic mass is 19.4. The van der Waals surface area contributed by atoms with E-state index in [2.05, 4.69) is 10.5 Å². The van der Waals surface area contributed by atoms with E-state index in [1.165, 1.54) is 30.5 Å². The van der Waals surface area contributed by atoms with Gasteiger partial charge in [0.2, 0.25) is 5.75 Å². The number of anilines is 1. The molecule has 0 bridgehead atoms. The lowest BCUT2D eigenvalue weighted by molar-refractivity contribution is -0.385. The van der Waals surface area contributed by atoms with E-state index < -0.39 is 16.7 Å². The summed E-state index contributed by atoms with van der Waals surface area (Å²) in [6.07, 6.45) is -3.14. The molecule has 1 N–H and O–H groups in total. The zero-order chi connectivity index (χ0) is 20.7. The number of nitrogens with one attached hydrogen (secondary N) is 1. The average molecular weight is 397 g/mol. The number of hydrogen-bond acceptors (Lipinski definition) is 6. The molecule has 0 amide bonds. The predicted molar refractivity (Wildman–Crippen MR) is 98.1 cm³/mol. The molecule has 150 valence electrons. The number of hydrazone groups is 1. The van der Waals surface area contributed by atoms with Gasteiger partial charge in [-0.3, -0.25) is 15.5 Å². The van der Waals surface area contributed by atoms with Crippen molar-refractivity contribution in [2.75, 3.05) is 18.6 Å². The van der Waals surface area contributed by atoms with Crippen molar-refractivity contribution in [3.8, 4) is 11.5 Å². The van der Waals surface area contributed by atoms with Gasteiger partial charge in [0.1, 0.15) is 5.75 Å². The summed E-state index contributed by atoms with van der Waals surface area (Å²) in [4.78, 5) is 10.7. The predicted octanol–water partition coefficient (Wildman–Crippen LogP) is 4.86. The lowest BCUT2D eigenvalue weighted by Crippen LogP contribution is -2.04. The zero-order valence-corrected chi connectivity index (χ0v) is 15.1. The minimum Gasteiger partial charge on any atom is -0.493 e. The molecule has 7 nitrogen and oxygen atoms in total. The zero-order valence-electron chi connectivity index (χ0n) is 15.1. The molecule has 0 unspecified atom stereocenters. The van der Waals surface area contributed by atoms with Gasteiger partial charge in [-0.2, -0.15) is 18.3 Å². The highest BCUT2D eigenvalue weighted by Crippen LogP contribution is 2.34. The Morgan fingerprint density at radius 1 is 1.11 bits per heavy atom. The summed E-state index contributed by atoms with van der Waals surface area (Å²) in [6, 6.07) is 6.96. The molecule has 0 radical (unpaired) electrons. The van der Waals surface area contributed by atoms with E-state index in [0.717, 1.165) is 12.1 Å². The summed E-state index contributed by atoms with van der Waals surface area (Å²) in [5, 5.41) is 15.2. The molecule has 2 rings (SSSR count). The smallest absolute Gasteiger partial charge is 0.416 e. The van der Waals surface area contributed by atoms with E-state index in [0.29, 0.717) is 23.6 Å². The maximum atomic E-state index is 12.6. The summed E-state index contributed by atoms with van der Waals surface area (Å²) in [7, 11) is 0. The van der Waals surface area contributed by atoms with Crippen molar-refractivity contribution in [3.05, 3.63) is 57.6 Å². The van der Waals surface area contributed by atoms with Crippen LogP contribution in [0.5, 0.6) is 11.5 Å². The number of nitro groups is 1. The van der Waals surface area contributed by atoms with Gasteiger partial charge in [0, 0.05) is 17.7 Å². The van der Waals surface area contributed by atoms with Crippen LogP contribution < -0.4 is 14.9 Å². The quantitative estimate of drug-likeness (QED) is 0.391. The molecule has 0 fully saturated rings. The summed E-state index contributed by atoms with van der Waals surface area (Å²) in [5.41, 5.74) is 2.19. The Kier molecular flexibility index (Phi) is 6.80. The van der Waals surface area contributed by atoms with E-state index in [-0.39, 0.29) is 18.0 Å². The molecule has 0 saturated heterocycles. The fourth-order valence-corrected chi connectivity index (χ4v) is 2.27. The van der Waals surface area contributed by atoms with Crippen molar-refractivity contribution >= 4 is 17.6 Å². The summed E-state index contributed by atoms with van der Waals surface area (Å²) in [5.74, 6) is 0.401. The van der Waals surface area contributed by atoms with Gasteiger partial charge in [-0.05, 0) is 38.1 Å². The topological polar surface area (TPSA) is 86.0 Å². The minimum atomic E-state index is -4.42. The number of rotatable bonds is 8. The number of hydrogen-bond donors (Lipinski definition) is 1. The number of benzene rings is 2. The molecule has 0 aliphatic carbocycles. The summed E-state index contributed by atoms with van der Waals surface area (Å²) >= 11 is 0. The number of nitrogens with zero attached hydrogens (tertiary/aromatic N) is 2. The maximum absolute atomic E-state index is 12.6. The van der Waals surface area contributed by atoms with Crippen LogP contribution in [0.1, 0.15) is 25.0 Å². The maximum Gasteiger partial charge on any atom is 0.416 e. The fourth-order valence-electron chi connectivity index (χ4n) is 2.27. The Labute approximate surface area is 158 Å². The lowest BCUT2D eigenvalue weighted by atomic mass is 10.1. The van der Waals surface area contributed by atoms with Crippen molar-refractivity contribution in [1.82, 2.24) is 0 Å². The van der Waals surface area contributed by atoms with E-state index in [1.54, 1.807) is 13.8 Å². The number of ether oxygens (including phenoxy) is 2. The van der Waals surface area contributed by atoms with E-state index >= 15 is 0 Å². The number of alkyl halides is 3. The molecule has 0 atom stereocenters. The highest BCUT2D eigenvalue weighted by Gasteiger charge is 2.29. The first-order valence-electron chi connectivity index (χ1n) is 8.30. The third-order valence-corrected chi connectivity index (χ3v) is 3.50. The first-order valence-corrected chi connectivity index (χ1v) is 8.30. The molecule has 0 aromatic heterocycles. The van der Waals surface area contributed by atoms with Crippen LogP contribution in [0, 0.1) is 10.1 Å². The molecular weight excluding hydrogens is 379 g/mol. The van der Waals surface area contributed by atoms with Gasteiger partial charge in [0.05, 0.1) is 35.6 Å². The van der Waals surface area contributed by atoms with Crippen LogP contribution in [0.2, 0.25) is 0 Å². The van der Waals surface area contributed by atoms with Gasteiger partial charge >= 0.3 is 11.9 Å². The van der Waals surface area contributed by atoms with Gasteiger partial charge in [-0.1, -0.05) is 0 Å². The van der Waals surface area contributed by atoms with Crippen molar-refractivity contribution in [1.29, 1.82) is 0 Å². The Morgan fingerprint density at radius 2 is 1.71 bits per heavy atom. The van der Waals surface area contributed by atoms with Gasteiger partial charge in [-0.25, -0.2) is 0 Å². The molecule has 2 aromatic carbocycles. The summed E-state index contributed by atoms with van der Waals surface area (Å²) in [6.45, 7) is 4.02. The Hall–Kier alpha value is -3.30. The molecule has 0 aliphatic heterocycles. The normalized spacial score (nSPS) is 11.5. The molecule has 0 heterocycles. The molecule has 10 heteroatoms. The van der Waals surface area contributed by atoms with Crippen LogP contribution in [-0.4, -0.2) is 24.4 Å². The van der Waals surface area contributed by atoms with Crippen molar-refractivity contribution in [2.24, 2.45) is 5.10 Å². The standard InChI is InChI=1S/C18H18F3N3O4/c1-3-27-16-10-17(28-4-2)15(24(25)26)9-12(16)11-22-23-14-7-5-13(6-8-14)18(19,20)21/h5-11,23H,3-4H2,1-2H3. The molecule has 0 saturated carbocycles. The van der Waals surface area contributed by atoms with E-state index in [4.69, 9.17) is 9.47 Å². The first kappa shape index (κ1) is 21.0. The van der Waals surface area contributed by atoms with Crippen LogP contribution in [-0.2, 0) is 6.18 Å². The van der Waals surface area contributed by atoms with Gasteiger partial charge in [-0.15, -0.1) is 0 Å². The van der Waals surface area contributed by atoms with Crippen LogP contribution in [0.15, 0.2) is 41.5 Å². The monoisotopic (exact) mass is 397 g/mol. The Bertz CT molecular complexity index is 852. The number of halogens is 3. The lowest BCUT2D eigenvalue weighted by Gasteiger charge is -2.11. The van der Waals surface area contributed by atoms with Crippen LogP contribution in [0.3, 0.4) is 0 Å². The summed E-state index contributed by atoms with van der Waals surface area (Å²) < 4.78 is 48.5. The highest BCUT2D eigenvalue weighted by molar-refractivity contribution is 5.86. The SMILES string of the molecule is CCOc1cc(OCC)c([N+](=O)[O-])cc1C=NNc1ccc(C(F)(F)F)cc1.